The van der Waals surface area contributed by atoms with Crippen LogP contribution in [0.5, 0.6) is 0 Å². The molecule has 0 spiro atoms. The van der Waals surface area contributed by atoms with Gasteiger partial charge in [-0.1, -0.05) is 0 Å². The number of aryl methyl sites for hydroxylation is 2. The van der Waals surface area contributed by atoms with Crippen LogP contribution in [0.15, 0.2) is 29.9 Å². The molecule has 0 fully saturated rings. The van der Waals surface area contributed by atoms with E-state index in [-0.39, 0.29) is 6.04 Å². The second-order valence-electron chi connectivity index (χ2n) is 3.64. The molecule has 15 heavy (non-hydrogen) atoms. The molecule has 0 amide bonds. The lowest BCUT2D eigenvalue weighted by molar-refractivity contribution is 0.855. The standard InChI is InChI=1S/C12H14N2S/c1-8-7-14-5-3-10(8)12(13)11-4-6-15-9(11)2/h3-7,12H,13H2,1-2H3. The maximum atomic E-state index is 6.24. The topological polar surface area (TPSA) is 38.9 Å². The van der Waals surface area contributed by atoms with Crippen molar-refractivity contribution < 1.29 is 0 Å². The summed E-state index contributed by atoms with van der Waals surface area (Å²) < 4.78 is 0. The van der Waals surface area contributed by atoms with Crippen LogP contribution >= 0.6 is 11.3 Å². The Kier molecular flexibility index (Phi) is 2.84. The Morgan fingerprint density at radius 1 is 1.27 bits per heavy atom. The summed E-state index contributed by atoms with van der Waals surface area (Å²) in [4.78, 5) is 5.37. The fraction of sp³-hybridized carbons (Fsp3) is 0.250. The van der Waals surface area contributed by atoms with Crippen molar-refractivity contribution in [3.05, 3.63) is 51.5 Å². The summed E-state index contributed by atoms with van der Waals surface area (Å²) in [6, 6.07) is 4.07. The van der Waals surface area contributed by atoms with Crippen molar-refractivity contribution in [2.45, 2.75) is 19.9 Å². The highest BCUT2D eigenvalue weighted by Gasteiger charge is 2.13. The third kappa shape index (κ3) is 1.94. The molecule has 0 saturated carbocycles. The van der Waals surface area contributed by atoms with Gasteiger partial charge in [0.2, 0.25) is 0 Å². The molecule has 0 aliphatic heterocycles. The van der Waals surface area contributed by atoms with E-state index in [0.717, 1.165) is 11.1 Å². The second-order valence-corrected chi connectivity index (χ2v) is 4.76. The molecule has 78 valence electrons. The van der Waals surface area contributed by atoms with Gasteiger partial charge in [-0.25, -0.2) is 0 Å². The number of nitrogens with two attached hydrogens (primary N) is 1. The lowest BCUT2D eigenvalue weighted by atomic mass is 9.98. The zero-order valence-electron chi connectivity index (χ0n) is 8.90. The van der Waals surface area contributed by atoms with Crippen LogP contribution in [0.1, 0.15) is 27.6 Å². The Morgan fingerprint density at radius 3 is 2.67 bits per heavy atom. The lowest BCUT2D eigenvalue weighted by Crippen LogP contribution is -2.13. The summed E-state index contributed by atoms with van der Waals surface area (Å²) in [7, 11) is 0. The Morgan fingerprint density at radius 2 is 2.07 bits per heavy atom. The van der Waals surface area contributed by atoms with Gasteiger partial charge in [-0.2, -0.15) is 0 Å². The molecule has 2 rings (SSSR count). The SMILES string of the molecule is Cc1cnccc1C(N)c1ccsc1C. The van der Waals surface area contributed by atoms with E-state index in [1.165, 1.54) is 10.4 Å². The average molecular weight is 218 g/mol. The van der Waals surface area contributed by atoms with Crippen LogP contribution in [0, 0.1) is 13.8 Å². The number of hydrogen-bond acceptors (Lipinski definition) is 3. The van der Waals surface area contributed by atoms with E-state index in [1.807, 2.05) is 19.2 Å². The summed E-state index contributed by atoms with van der Waals surface area (Å²) >= 11 is 1.74. The van der Waals surface area contributed by atoms with Crippen molar-refractivity contribution in [3.63, 3.8) is 0 Å². The minimum absolute atomic E-state index is 0.0285. The Labute approximate surface area is 93.8 Å². The number of nitrogens with zero attached hydrogens (tertiary/aromatic N) is 1. The first-order chi connectivity index (χ1) is 7.20. The predicted molar refractivity (Wildman–Crippen MR) is 64.1 cm³/mol. The van der Waals surface area contributed by atoms with E-state index >= 15 is 0 Å². The summed E-state index contributed by atoms with van der Waals surface area (Å²) in [6.45, 7) is 4.15. The van der Waals surface area contributed by atoms with Gasteiger partial charge >= 0.3 is 0 Å². The van der Waals surface area contributed by atoms with Gasteiger partial charge in [0.25, 0.3) is 0 Å². The molecule has 0 saturated heterocycles. The van der Waals surface area contributed by atoms with Gasteiger partial charge in [-0.15, -0.1) is 11.3 Å². The number of aromatic nitrogens is 1. The highest BCUT2D eigenvalue weighted by atomic mass is 32.1. The minimum Gasteiger partial charge on any atom is -0.320 e. The van der Waals surface area contributed by atoms with Gasteiger partial charge in [0.1, 0.15) is 0 Å². The van der Waals surface area contributed by atoms with E-state index in [9.17, 15) is 0 Å². The zero-order valence-corrected chi connectivity index (χ0v) is 9.71. The van der Waals surface area contributed by atoms with Crippen molar-refractivity contribution >= 4 is 11.3 Å². The first-order valence-corrected chi connectivity index (χ1v) is 5.78. The molecule has 2 heterocycles. The fourth-order valence-corrected chi connectivity index (χ4v) is 2.47. The molecule has 2 N–H and O–H groups in total. The van der Waals surface area contributed by atoms with Gasteiger partial charge in [-0.3, -0.25) is 4.98 Å². The summed E-state index contributed by atoms with van der Waals surface area (Å²) in [5.41, 5.74) is 9.77. The van der Waals surface area contributed by atoms with Crippen LogP contribution in [-0.4, -0.2) is 4.98 Å². The van der Waals surface area contributed by atoms with Gasteiger partial charge in [0, 0.05) is 17.3 Å². The molecule has 0 bridgehead atoms. The molecule has 0 aliphatic carbocycles. The first kappa shape index (κ1) is 10.3. The van der Waals surface area contributed by atoms with Gasteiger partial charge in [0.05, 0.1) is 6.04 Å². The molecule has 0 aliphatic rings. The van der Waals surface area contributed by atoms with Crippen molar-refractivity contribution in [2.24, 2.45) is 5.73 Å². The summed E-state index contributed by atoms with van der Waals surface area (Å²) in [5, 5.41) is 2.08. The van der Waals surface area contributed by atoms with E-state index in [4.69, 9.17) is 5.73 Å². The highest BCUT2D eigenvalue weighted by Crippen LogP contribution is 2.27. The van der Waals surface area contributed by atoms with Crippen LogP contribution in [0.2, 0.25) is 0 Å². The molecule has 2 aromatic heterocycles. The van der Waals surface area contributed by atoms with Crippen LogP contribution < -0.4 is 5.73 Å². The monoisotopic (exact) mass is 218 g/mol. The Balaban J connectivity index is 2.41. The van der Waals surface area contributed by atoms with Crippen molar-refractivity contribution in [1.82, 2.24) is 4.98 Å². The third-order valence-corrected chi connectivity index (χ3v) is 3.49. The number of thiophene rings is 1. The highest BCUT2D eigenvalue weighted by molar-refractivity contribution is 7.10. The summed E-state index contributed by atoms with van der Waals surface area (Å²) in [6.07, 6.45) is 3.65. The summed E-state index contributed by atoms with van der Waals surface area (Å²) in [5.74, 6) is 0. The van der Waals surface area contributed by atoms with Crippen LogP contribution in [0.25, 0.3) is 0 Å². The molecular weight excluding hydrogens is 204 g/mol. The van der Waals surface area contributed by atoms with Crippen LogP contribution in [-0.2, 0) is 0 Å². The first-order valence-electron chi connectivity index (χ1n) is 4.90. The predicted octanol–water partition coefficient (Wildman–Crippen LogP) is 2.81. The second kappa shape index (κ2) is 4.13. The van der Waals surface area contributed by atoms with Crippen molar-refractivity contribution in [3.8, 4) is 0 Å². The molecule has 2 nitrogen and oxygen atoms in total. The Bertz CT molecular complexity index is 462. The maximum Gasteiger partial charge on any atom is 0.0566 e. The molecular formula is C12H14N2S. The van der Waals surface area contributed by atoms with Gasteiger partial charge < -0.3 is 5.73 Å². The van der Waals surface area contributed by atoms with E-state index < -0.39 is 0 Å². The molecule has 1 unspecified atom stereocenters. The largest absolute Gasteiger partial charge is 0.320 e. The van der Waals surface area contributed by atoms with E-state index in [2.05, 4.69) is 23.4 Å². The smallest absolute Gasteiger partial charge is 0.0566 e. The van der Waals surface area contributed by atoms with E-state index in [1.54, 1.807) is 17.5 Å². The van der Waals surface area contributed by atoms with E-state index in [0.29, 0.717) is 0 Å². The number of rotatable bonds is 2. The molecule has 0 aromatic carbocycles. The molecule has 3 heteroatoms. The van der Waals surface area contributed by atoms with Crippen molar-refractivity contribution in [2.75, 3.05) is 0 Å². The zero-order chi connectivity index (χ0) is 10.8. The van der Waals surface area contributed by atoms with Gasteiger partial charge in [-0.05, 0) is 48.1 Å². The molecule has 1 atom stereocenters. The van der Waals surface area contributed by atoms with Crippen molar-refractivity contribution in [1.29, 1.82) is 0 Å². The lowest BCUT2D eigenvalue weighted by Gasteiger charge is -2.14. The number of pyridine rings is 1. The molecule has 2 aromatic rings. The quantitative estimate of drug-likeness (QED) is 0.841. The maximum absolute atomic E-state index is 6.24. The number of hydrogen-bond donors (Lipinski definition) is 1. The fourth-order valence-electron chi connectivity index (χ4n) is 1.72. The van der Waals surface area contributed by atoms with Gasteiger partial charge in [0.15, 0.2) is 0 Å². The normalized spacial score (nSPS) is 12.7. The average Bonchev–Trinajstić information content (AvgIpc) is 2.64. The van der Waals surface area contributed by atoms with Crippen LogP contribution in [0.4, 0.5) is 0 Å². The molecule has 0 radical (unpaired) electrons. The van der Waals surface area contributed by atoms with Crippen LogP contribution in [0.3, 0.4) is 0 Å². The Hall–Kier alpha value is -1.19. The third-order valence-electron chi connectivity index (χ3n) is 2.63. The minimum atomic E-state index is -0.0285.